The number of nitrogens with two attached hydrogens (primary N) is 1. The summed E-state index contributed by atoms with van der Waals surface area (Å²) in [4.78, 5) is 38.3. The molecule has 1 saturated heterocycles. The number of carbonyl (C=O) groups excluding carboxylic acids is 2. The molecule has 1 atom stereocenters. The van der Waals surface area contributed by atoms with E-state index >= 15 is 0 Å². The number of amides is 2. The Kier molecular flexibility index (Phi) is 5.55. The number of nitrogens with zero attached hydrogens (tertiary/aromatic N) is 4. The lowest BCUT2D eigenvalue weighted by atomic mass is 10.1. The van der Waals surface area contributed by atoms with Crippen LogP contribution in [-0.2, 0) is 4.74 Å². The quantitative estimate of drug-likeness (QED) is 0.750. The van der Waals surface area contributed by atoms with Crippen molar-refractivity contribution in [3.8, 4) is 0 Å². The van der Waals surface area contributed by atoms with Crippen LogP contribution in [0.4, 0.5) is 10.6 Å². The molecule has 28 heavy (non-hydrogen) atoms. The molecule has 0 spiro atoms. The highest BCUT2D eigenvalue weighted by Crippen LogP contribution is 2.25. The van der Waals surface area contributed by atoms with Gasteiger partial charge in [-0.25, -0.2) is 19.7 Å². The van der Waals surface area contributed by atoms with E-state index in [0.29, 0.717) is 29.9 Å². The number of halogens is 1. The summed E-state index contributed by atoms with van der Waals surface area (Å²) in [7, 11) is 0. The van der Waals surface area contributed by atoms with Crippen molar-refractivity contribution in [2.45, 2.75) is 45.3 Å². The zero-order chi connectivity index (χ0) is 20.5. The molecule has 1 aliphatic rings. The fourth-order valence-electron chi connectivity index (χ4n) is 3.08. The maximum atomic E-state index is 12.4. The van der Waals surface area contributed by atoms with Crippen LogP contribution in [0.2, 0.25) is 5.15 Å². The first-order valence-corrected chi connectivity index (χ1v) is 9.37. The molecule has 0 unspecified atom stereocenters. The zero-order valence-corrected chi connectivity index (χ0v) is 16.8. The minimum absolute atomic E-state index is 0.0582. The van der Waals surface area contributed by atoms with E-state index in [4.69, 9.17) is 22.1 Å². The minimum atomic E-state index is -0.646. The molecule has 1 aliphatic heterocycles. The van der Waals surface area contributed by atoms with Crippen molar-refractivity contribution in [1.82, 2.24) is 19.9 Å². The fraction of sp³-hybridized carbons (Fsp3) is 0.500. The van der Waals surface area contributed by atoms with Crippen molar-refractivity contribution in [2.24, 2.45) is 5.73 Å². The monoisotopic (exact) mass is 406 g/mol. The summed E-state index contributed by atoms with van der Waals surface area (Å²) in [6, 6.07) is 1.32. The maximum absolute atomic E-state index is 12.4. The molecule has 2 amide bonds. The normalized spacial score (nSPS) is 17.4. The second kappa shape index (κ2) is 7.75. The third-order valence-electron chi connectivity index (χ3n) is 4.24. The number of piperidine rings is 1. The van der Waals surface area contributed by atoms with Gasteiger partial charge < -0.3 is 20.7 Å². The van der Waals surface area contributed by atoms with Gasteiger partial charge >= 0.3 is 6.09 Å². The molecule has 0 radical (unpaired) electrons. The van der Waals surface area contributed by atoms with E-state index in [1.807, 2.05) is 20.8 Å². The molecule has 2 aromatic heterocycles. The number of carbonyl (C=O) groups is 2. The lowest BCUT2D eigenvalue weighted by Crippen LogP contribution is -2.47. The third-order valence-corrected chi connectivity index (χ3v) is 4.43. The molecule has 0 aromatic carbocycles. The summed E-state index contributed by atoms with van der Waals surface area (Å²) >= 11 is 6.04. The number of ether oxygens (including phenoxy) is 1. The smallest absolute Gasteiger partial charge is 0.410 e. The van der Waals surface area contributed by atoms with E-state index in [9.17, 15) is 9.59 Å². The van der Waals surface area contributed by atoms with Crippen LogP contribution in [0.1, 0.15) is 44.0 Å². The van der Waals surface area contributed by atoms with Crippen molar-refractivity contribution in [3.63, 3.8) is 0 Å². The number of rotatable bonds is 3. The Morgan fingerprint density at radius 1 is 1.32 bits per heavy atom. The summed E-state index contributed by atoms with van der Waals surface area (Å²) in [6.45, 7) is 6.60. The number of fused-ring (bicyclic) bond motifs is 1. The standard InChI is InChI=1S/C18H23ClN6O3/c1-18(2,3)28-17(27)25-6-4-5-10(8-25)23-16-14-13(21-9-22-16)11(15(20)26)7-12(19)24-14/h7,9-10H,4-6,8H2,1-3H3,(H2,20,26)(H,21,22,23)/t10-/m0/s1. The van der Waals surface area contributed by atoms with Gasteiger partial charge in [0, 0.05) is 19.1 Å². The maximum Gasteiger partial charge on any atom is 0.410 e. The van der Waals surface area contributed by atoms with E-state index in [-0.39, 0.29) is 22.9 Å². The summed E-state index contributed by atoms with van der Waals surface area (Å²) in [5, 5.41) is 3.41. The molecule has 10 heteroatoms. The van der Waals surface area contributed by atoms with Gasteiger partial charge in [-0.1, -0.05) is 11.6 Å². The number of aromatic nitrogens is 3. The average Bonchev–Trinajstić information content (AvgIpc) is 2.60. The lowest BCUT2D eigenvalue weighted by Gasteiger charge is -2.34. The number of hydrogen-bond donors (Lipinski definition) is 2. The van der Waals surface area contributed by atoms with Gasteiger partial charge in [0.1, 0.15) is 28.1 Å². The van der Waals surface area contributed by atoms with Gasteiger partial charge in [-0.2, -0.15) is 0 Å². The third kappa shape index (κ3) is 4.59. The summed E-state index contributed by atoms with van der Waals surface area (Å²) in [6.07, 6.45) is 2.65. The number of primary amides is 1. The molecule has 0 bridgehead atoms. The molecule has 3 rings (SSSR count). The second-order valence-electron chi connectivity index (χ2n) is 7.69. The Morgan fingerprint density at radius 3 is 2.75 bits per heavy atom. The first-order valence-electron chi connectivity index (χ1n) is 8.99. The van der Waals surface area contributed by atoms with Crippen molar-refractivity contribution >= 4 is 40.5 Å². The van der Waals surface area contributed by atoms with Crippen LogP contribution in [0.25, 0.3) is 11.0 Å². The number of nitrogens with one attached hydrogen (secondary N) is 1. The summed E-state index contributed by atoms with van der Waals surface area (Å²) < 4.78 is 5.46. The van der Waals surface area contributed by atoms with E-state index < -0.39 is 11.5 Å². The largest absolute Gasteiger partial charge is 0.444 e. The van der Waals surface area contributed by atoms with E-state index in [1.54, 1.807) is 4.90 Å². The molecular formula is C18H23ClN6O3. The number of hydrogen-bond acceptors (Lipinski definition) is 7. The van der Waals surface area contributed by atoms with Gasteiger partial charge in [-0.3, -0.25) is 4.79 Å². The van der Waals surface area contributed by atoms with Crippen LogP contribution in [0.15, 0.2) is 12.4 Å². The topological polar surface area (TPSA) is 123 Å². The Balaban J connectivity index is 1.83. The van der Waals surface area contributed by atoms with Crippen LogP contribution >= 0.6 is 11.6 Å². The fourth-order valence-corrected chi connectivity index (χ4v) is 3.28. The summed E-state index contributed by atoms with van der Waals surface area (Å²) in [5.41, 5.74) is 5.74. The first kappa shape index (κ1) is 20.1. The zero-order valence-electron chi connectivity index (χ0n) is 16.0. The van der Waals surface area contributed by atoms with Gasteiger partial charge in [-0.05, 0) is 39.7 Å². The average molecular weight is 407 g/mol. The molecule has 9 nitrogen and oxygen atoms in total. The predicted octanol–water partition coefficient (Wildman–Crippen LogP) is 2.59. The Morgan fingerprint density at radius 2 is 2.07 bits per heavy atom. The van der Waals surface area contributed by atoms with Crippen LogP contribution < -0.4 is 11.1 Å². The number of likely N-dealkylation sites (tertiary alicyclic amines) is 1. The molecular weight excluding hydrogens is 384 g/mol. The molecule has 0 aliphatic carbocycles. The van der Waals surface area contributed by atoms with Gasteiger partial charge in [0.2, 0.25) is 0 Å². The highest BCUT2D eigenvalue weighted by molar-refractivity contribution is 6.30. The minimum Gasteiger partial charge on any atom is -0.444 e. The molecule has 3 heterocycles. The van der Waals surface area contributed by atoms with Crippen LogP contribution in [-0.4, -0.2) is 56.6 Å². The lowest BCUT2D eigenvalue weighted by molar-refractivity contribution is 0.0206. The van der Waals surface area contributed by atoms with Crippen molar-refractivity contribution in [2.75, 3.05) is 18.4 Å². The van der Waals surface area contributed by atoms with Crippen molar-refractivity contribution < 1.29 is 14.3 Å². The van der Waals surface area contributed by atoms with E-state index in [2.05, 4.69) is 20.3 Å². The van der Waals surface area contributed by atoms with Crippen molar-refractivity contribution in [1.29, 1.82) is 0 Å². The number of pyridine rings is 1. The summed E-state index contributed by atoms with van der Waals surface area (Å²) in [5.74, 6) is -0.209. The van der Waals surface area contributed by atoms with Gasteiger partial charge in [0.25, 0.3) is 5.91 Å². The van der Waals surface area contributed by atoms with Crippen LogP contribution in [0, 0.1) is 0 Å². The highest BCUT2D eigenvalue weighted by atomic mass is 35.5. The Labute approximate surface area is 167 Å². The van der Waals surface area contributed by atoms with Gasteiger partial charge in [0.05, 0.1) is 5.56 Å². The molecule has 3 N–H and O–H groups in total. The Bertz CT molecular complexity index is 914. The Hall–Kier alpha value is -2.68. The van der Waals surface area contributed by atoms with Crippen LogP contribution in [0.5, 0.6) is 0 Å². The second-order valence-corrected chi connectivity index (χ2v) is 8.07. The van der Waals surface area contributed by atoms with Crippen LogP contribution in [0.3, 0.4) is 0 Å². The highest BCUT2D eigenvalue weighted by Gasteiger charge is 2.28. The van der Waals surface area contributed by atoms with Gasteiger partial charge in [0.15, 0.2) is 5.82 Å². The molecule has 0 saturated carbocycles. The van der Waals surface area contributed by atoms with Crippen molar-refractivity contribution in [3.05, 3.63) is 23.1 Å². The SMILES string of the molecule is CC(C)(C)OC(=O)N1CCC[C@H](Nc2ncnc3c(C(N)=O)cc(Cl)nc23)C1. The predicted molar refractivity (Wildman–Crippen MR) is 105 cm³/mol. The van der Waals surface area contributed by atoms with Gasteiger partial charge in [-0.15, -0.1) is 0 Å². The van der Waals surface area contributed by atoms with E-state index in [0.717, 1.165) is 12.8 Å². The number of anilines is 1. The molecule has 150 valence electrons. The molecule has 1 fully saturated rings. The first-order chi connectivity index (χ1) is 13.1. The molecule has 2 aromatic rings. The van der Waals surface area contributed by atoms with E-state index in [1.165, 1.54) is 12.4 Å².